The second-order valence-electron chi connectivity index (χ2n) is 20.5. The van der Waals surface area contributed by atoms with Crippen LogP contribution in [0.5, 0.6) is 0 Å². The third kappa shape index (κ3) is 17.5. The van der Waals surface area contributed by atoms with E-state index in [1.165, 1.54) is 38.9 Å². The van der Waals surface area contributed by atoms with Crippen molar-refractivity contribution in [1.82, 2.24) is 44.9 Å². The first-order valence-corrected chi connectivity index (χ1v) is 28.0. The normalized spacial score (nSPS) is 10.5. The summed E-state index contributed by atoms with van der Waals surface area (Å²) in [5.74, 6) is 3.56. The highest BCUT2D eigenvalue weighted by molar-refractivity contribution is 6.28. The summed E-state index contributed by atoms with van der Waals surface area (Å²) in [6, 6.07) is 60.5. The van der Waals surface area contributed by atoms with Crippen molar-refractivity contribution in [2.24, 2.45) is 0 Å². The van der Waals surface area contributed by atoms with Gasteiger partial charge in [-0.3, -0.25) is 0 Å². The highest BCUT2D eigenvalue weighted by Crippen LogP contribution is 2.27. The van der Waals surface area contributed by atoms with E-state index in [2.05, 4.69) is 148 Å². The first-order chi connectivity index (χ1) is 41.0. The Bertz CT molecular complexity index is 3660. The molecule has 3 aromatic heterocycles. The number of nitrogens with zero attached hydrogens (tertiary/aromatic N) is 9. The Morgan fingerprint density at radius 3 is 0.729 bits per heavy atom. The second kappa shape index (κ2) is 28.0. The number of aromatic nitrogens is 9. The molecule has 0 spiro atoms. The lowest BCUT2D eigenvalue weighted by molar-refractivity contribution is 1.06. The van der Waals surface area contributed by atoms with Gasteiger partial charge in [0.2, 0.25) is 52.9 Å². The van der Waals surface area contributed by atoms with Gasteiger partial charge in [-0.2, -0.15) is 44.9 Å². The first kappa shape index (κ1) is 59.1. The largest absolute Gasteiger partial charge is 0.324 e. The van der Waals surface area contributed by atoms with Crippen LogP contribution in [-0.4, -0.2) is 44.9 Å². The van der Waals surface area contributed by atoms with Gasteiger partial charge in [0.15, 0.2) is 0 Å². The van der Waals surface area contributed by atoms with Crippen LogP contribution in [0, 0.1) is 69.2 Å². The molecular weight excluding hydrogens is 1080 g/mol. The van der Waals surface area contributed by atoms with Crippen LogP contribution in [0.15, 0.2) is 182 Å². The molecule has 85 heavy (non-hydrogen) atoms. The standard InChI is InChI=1S/2C24H24N6.C19H20ClN5/c1-16-4-10-19(11-5-16)25-22-28-23(26-20-12-6-17(2)7-13-20)30-24(29-22)27-21-14-8-18(3)9-15-21;1-16-10-4-7-13-19(16)25-22-28-23(26-20-14-8-5-11-17(20)2)30-24(29-22)27-21-15-9-6-12-18(21)3;1-11-5-7-15(9-13(11)3)21-18-23-17(20)24-19(25-18)22-16-8-6-12(2)14(4)10-16/h2*4-15H,1-3H3,(H3,25,26,27,28,29,30);5-10H,1-4H3,(H2,21,22,23,24,25). The second-order valence-corrected chi connectivity index (χ2v) is 20.8. The molecule has 0 atom stereocenters. The van der Waals surface area contributed by atoms with E-state index >= 15 is 0 Å². The molecule has 0 amide bonds. The van der Waals surface area contributed by atoms with Gasteiger partial charge < -0.3 is 42.5 Å². The third-order valence-corrected chi connectivity index (χ3v) is 13.7. The average Bonchev–Trinajstić information content (AvgIpc) is 3.64. The topological polar surface area (TPSA) is 212 Å². The van der Waals surface area contributed by atoms with Crippen LogP contribution in [0.2, 0.25) is 5.28 Å². The zero-order chi connectivity index (χ0) is 59.8. The van der Waals surface area contributed by atoms with Crippen molar-refractivity contribution >= 4 is 105 Å². The third-order valence-electron chi connectivity index (χ3n) is 13.5. The SMILES string of the molecule is Cc1ccc(Nc2nc(Cl)nc(Nc3ccc(C)c(C)c3)n2)cc1C.Cc1ccc(Nc2nc(Nc3ccc(C)cc3)nc(Nc3ccc(C)cc3)n2)cc1.Cc1ccccc1Nc1nc(Nc2ccccc2C)nc(Nc2ccccc2C)n1. The highest BCUT2D eigenvalue weighted by atomic mass is 35.5. The maximum atomic E-state index is 6.05. The van der Waals surface area contributed by atoms with Crippen molar-refractivity contribution in [3.05, 3.63) is 243 Å². The molecule has 0 aliphatic carbocycles. The Kier molecular flexibility index (Phi) is 19.5. The lowest BCUT2D eigenvalue weighted by atomic mass is 10.1. The Labute approximate surface area is 501 Å². The van der Waals surface area contributed by atoms with Gasteiger partial charge in [0.25, 0.3) is 0 Å². The van der Waals surface area contributed by atoms with Crippen molar-refractivity contribution in [3.63, 3.8) is 0 Å². The van der Waals surface area contributed by atoms with E-state index in [4.69, 9.17) is 11.6 Å². The molecule has 0 saturated heterocycles. The van der Waals surface area contributed by atoms with Gasteiger partial charge in [-0.05, 0) is 199 Å². The monoisotopic (exact) mass is 1150 g/mol. The van der Waals surface area contributed by atoms with Crippen LogP contribution < -0.4 is 42.5 Å². The van der Waals surface area contributed by atoms with E-state index in [0.717, 1.165) is 62.2 Å². The van der Waals surface area contributed by atoms with Gasteiger partial charge in [-0.1, -0.05) is 120 Å². The average molecular weight is 1150 g/mol. The van der Waals surface area contributed by atoms with E-state index in [1.54, 1.807) is 0 Å². The molecular formula is C67H68ClN17. The molecule has 18 heteroatoms. The molecule has 3 heterocycles. The summed E-state index contributed by atoms with van der Waals surface area (Å²) in [6.07, 6.45) is 0. The number of benzene rings is 8. The molecule has 0 bridgehead atoms. The van der Waals surface area contributed by atoms with Crippen LogP contribution in [0.25, 0.3) is 0 Å². The number of halogens is 1. The van der Waals surface area contributed by atoms with Crippen LogP contribution >= 0.6 is 11.6 Å². The van der Waals surface area contributed by atoms with Gasteiger partial charge in [0.1, 0.15) is 0 Å². The lowest BCUT2D eigenvalue weighted by Crippen LogP contribution is -2.08. The predicted octanol–water partition coefficient (Wildman–Crippen LogP) is 17.3. The van der Waals surface area contributed by atoms with Crippen molar-refractivity contribution in [2.45, 2.75) is 69.2 Å². The lowest BCUT2D eigenvalue weighted by Gasteiger charge is -2.14. The van der Waals surface area contributed by atoms with Gasteiger partial charge in [-0.15, -0.1) is 0 Å². The fourth-order valence-corrected chi connectivity index (χ4v) is 8.40. The Balaban J connectivity index is 0.000000153. The zero-order valence-corrected chi connectivity index (χ0v) is 50.0. The van der Waals surface area contributed by atoms with E-state index in [9.17, 15) is 0 Å². The van der Waals surface area contributed by atoms with Crippen LogP contribution in [-0.2, 0) is 0 Å². The number of hydrogen-bond donors (Lipinski definition) is 8. The van der Waals surface area contributed by atoms with Crippen molar-refractivity contribution in [3.8, 4) is 0 Å². The Morgan fingerprint density at radius 1 is 0.224 bits per heavy atom. The molecule has 11 rings (SSSR count). The van der Waals surface area contributed by atoms with Crippen molar-refractivity contribution in [2.75, 3.05) is 42.5 Å². The molecule has 8 aromatic carbocycles. The number of hydrogen-bond acceptors (Lipinski definition) is 17. The molecule has 0 aliphatic heterocycles. The summed E-state index contributed by atoms with van der Waals surface area (Å²) < 4.78 is 0. The summed E-state index contributed by atoms with van der Waals surface area (Å²) >= 11 is 6.05. The van der Waals surface area contributed by atoms with Gasteiger partial charge >= 0.3 is 0 Å². The summed E-state index contributed by atoms with van der Waals surface area (Å²) in [6.45, 7) is 20.6. The number of anilines is 16. The number of nitrogens with one attached hydrogen (secondary N) is 8. The minimum atomic E-state index is 0.132. The van der Waals surface area contributed by atoms with Crippen LogP contribution in [0.1, 0.15) is 55.6 Å². The Morgan fingerprint density at radius 2 is 0.459 bits per heavy atom. The number of para-hydroxylation sites is 3. The molecule has 428 valence electrons. The Hall–Kier alpha value is -10.5. The number of rotatable bonds is 16. The summed E-state index contributed by atoms with van der Waals surface area (Å²) in [5, 5.41) is 26.2. The van der Waals surface area contributed by atoms with E-state index in [-0.39, 0.29) is 5.28 Å². The summed E-state index contributed by atoms with van der Waals surface area (Å²) in [7, 11) is 0. The molecule has 0 aliphatic rings. The zero-order valence-electron chi connectivity index (χ0n) is 49.2. The summed E-state index contributed by atoms with van der Waals surface area (Å²) in [5.41, 5.74) is 19.2. The smallest absolute Gasteiger partial charge is 0.233 e. The maximum Gasteiger partial charge on any atom is 0.233 e. The quantitative estimate of drug-likeness (QED) is 0.0452. The minimum Gasteiger partial charge on any atom is -0.324 e. The van der Waals surface area contributed by atoms with Crippen molar-refractivity contribution in [1.29, 1.82) is 0 Å². The molecule has 0 unspecified atom stereocenters. The molecule has 17 nitrogen and oxygen atoms in total. The highest BCUT2D eigenvalue weighted by Gasteiger charge is 2.13. The fourth-order valence-electron chi connectivity index (χ4n) is 8.24. The van der Waals surface area contributed by atoms with Crippen LogP contribution in [0.3, 0.4) is 0 Å². The molecule has 0 radical (unpaired) electrons. The van der Waals surface area contributed by atoms with Gasteiger partial charge in [0, 0.05) is 45.5 Å². The van der Waals surface area contributed by atoms with Crippen molar-refractivity contribution < 1.29 is 0 Å². The van der Waals surface area contributed by atoms with E-state index < -0.39 is 0 Å². The van der Waals surface area contributed by atoms with Gasteiger partial charge in [0.05, 0.1) is 0 Å². The first-order valence-electron chi connectivity index (χ1n) is 27.6. The fraction of sp³-hybridized carbons (Fsp3) is 0.149. The van der Waals surface area contributed by atoms with Gasteiger partial charge in [-0.25, -0.2) is 0 Å². The summed E-state index contributed by atoms with van der Waals surface area (Å²) in [4.78, 5) is 40.1. The van der Waals surface area contributed by atoms with E-state index in [1.807, 2.05) is 191 Å². The maximum absolute atomic E-state index is 6.05. The predicted molar refractivity (Wildman–Crippen MR) is 350 cm³/mol. The molecule has 0 saturated carbocycles. The molecule has 8 N–H and O–H groups in total. The minimum absolute atomic E-state index is 0.132. The molecule has 11 aromatic rings. The van der Waals surface area contributed by atoms with Crippen LogP contribution in [0.4, 0.5) is 93.1 Å². The van der Waals surface area contributed by atoms with E-state index in [0.29, 0.717) is 47.6 Å². The molecule has 0 fully saturated rings. The number of aryl methyl sites for hydroxylation is 10.